The van der Waals surface area contributed by atoms with Crippen molar-refractivity contribution in [3.8, 4) is 0 Å². The van der Waals surface area contributed by atoms with Crippen LogP contribution in [0.3, 0.4) is 0 Å². The molecule has 0 radical (unpaired) electrons. The molecule has 114 valence electrons. The van der Waals surface area contributed by atoms with Gasteiger partial charge in [-0.2, -0.15) is 0 Å². The monoisotopic (exact) mass is 307 g/mol. The number of fused-ring (bicyclic) bond motifs is 1. The standard InChI is InChI=1S/C17H13N3O3/c21-16(14-9-10-18-15-4-2-1-3-13(14)15)19-11-5-7-12(8-6-11)20-17(22)23/h1-10,20H,(H,19,21)(H,22,23). The number of nitrogens with zero attached hydrogens (tertiary/aromatic N) is 1. The number of benzene rings is 2. The summed E-state index contributed by atoms with van der Waals surface area (Å²) >= 11 is 0. The zero-order chi connectivity index (χ0) is 16.2. The molecule has 0 saturated heterocycles. The van der Waals surface area contributed by atoms with E-state index < -0.39 is 6.09 Å². The van der Waals surface area contributed by atoms with Crippen LogP contribution in [0.15, 0.2) is 60.8 Å². The maximum Gasteiger partial charge on any atom is 0.409 e. The molecule has 2 aromatic carbocycles. The Morgan fingerprint density at radius 1 is 0.870 bits per heavy atom. The lowest BCUT2D eigenvalue weighted by atomic mass is 10.1. The molecule has 23 heavy (non-hydrogen) atoms. The smallest absolute Gasteiger partial charge is 0.409 e. The number of para-hydroxylation sites is 1. The second-order valence-corrected chi connectivity index (χ2v) is 4.84. The van der Waals surface area contributed by atoms with Crippen LogP contribution in [0.2, 0.25) is 0 Å². The second-order valence-electron chi connectivity index (χ2n) is 4.84. The number of carbonyl (C=O) groups is 2. The molecule has 1 heterocycles. The first-order valence-corrected chi connectivity index (χ1v) is 6.88. The molecule has 0 aliphatic heterocycles. The first-order valence-electron chi connectivity index (χ1n) is 6.88. The Labute approximate surface area is 131 Å². The highest BCUT2D eigenvalue weighted by Gasteiger charge is 2.10. The lowest BCUT2D eigenvalue weighted by Crippen LogP contribution is -2.13. The van der Waals surface area contributed by atoms with Gasteiger partial charge >= 0.3 is 6.09 Å². The molecule has 0 atom stereocenters. The Bertz CT molecular complexity index is 870. The third-order valence-corrected chi connectivity index (χ3v) is 3.29. The number of aromatic nitrogens is 1. The number of carbonyl (C=O) groups excluding carboxylic acids is 1. The summed E-state index contributed by atoms with van der Waals surface area (Å²) < 4.78 is 0. The molecule has 0 bridgehead atoms. The summed E-state index contributed by atoms with van der Waals surface area (Å²) in [5.41, 5.74) is 2.29. The van der Waals surface area contributed by atoms with Gasteiger partial charge in [0.1, 0.15) is 0 Å². The average Bonchev–Trinajstić information content (AvgIpc) is 2.55. The normalized spacial score (nSPS) is 10.3. The molecule has 2 amide bonds. The summed E-state index contributed by atoms with van der Waals surface area (Å²) in [5, 5.41) is 14.4. The van der Waals surface area contributed by atoms with E-state index >= 15 is 0 Å². The van der Waals surface area contributed by atoms with E-state index in [9.17, 15) is 9.59 Å². The number of pyridine rings is 1. The van der Waals surface area contributed by atoms with Crippen LogP contribution < -0.4 is 10.6 Å². The third-order valence-electron chi connectivity index (χ3n) is 3.29. The first-order chi connectivity index (χ1) is 11.1. The van der Waals surface area contributed by atoms with Gasteiger partial charge in [0.15, 0.2) is 0 Å². The van der Waals surface area contributed by atoms with Crippen molar-refractivity contribution in [3.63, 3.8) is 0 Å². The van der Waals surface area contributed by atoms with Gasteiger partial charge in [0.2, 0.25) is 0 Å². The van der Waals surface area contributed by atoms with Gasteiger partial charge in [0.05, 0.1) is 11.1 Å². The van der Waals surface area contributed by atoms with Gasteiger partial charge in [-0.1, -0.05) is 18.2 Å². The van der Waals surface area contributed by atoms with E-state index in [4.69, 9.17) is 5.11 Å². The molecule has 0 spiro atoms. The SMILES string of the molecule is O=C(O)Nc1ccc(NC(=O)c2ccnc3ccccc23)cc1. The van der Waals surface area contributed by atoms with Crippen LogP contribution in [0.4, 0.5) is 16.2 Å². The summed E-state index contributed by atoms with van der Waals surface area (Å²) in [6.07, 6.45) is 0.460. The van der Waals surface area contributed by atoms with Crippen LogP contribution >= 0.6 is 0 Å². The van der Waals surface area contributed by atoms with Crippen molar-refractivity contribution in [3.05, 3.63) is 66.4 Å². The van der Waals surface area contributed by atoms with Gasteiger partial charge in [-0.05, 0) is 36.4 Å². The van der Waals surface area contributed by atoms with E-state index in [2.05, 4.69) is 15.6 Å². The van der Waals surface area contributed by atoms with Crippen molar-refractivity contribution in [2.45, 2.75) is 0 Å². The highest BCUT2D eigenvalue weighted by Crippen LogP contribution is 2.19. The average molecular weight is 307 g/mol. The molecule has 6 heteroatoms. The van der Waals surface area contributed by atoms with Gasteiger partial charge in [0, 0.05) is 23.0 Å². The Balaban J connectivity index is 1.82. The van der Waals surface area contributed by atoms with Crippen LogP contribution in [0.1, 0.15) is 10.4 Å². The maximum atomic E-state index is 12.4. The predicted octanol–water partition coefficient (Wildman–Crippen LogP) is 3.58. The largest absolute Gasteiger partial charge is 0.465 e. The zero-order valence-corrected chi connectivity index (χ0v) is 12.0. The zero-order valence-electron chi connectivity index (χ0n) is 12.0. The van der Waals surface area contributed by atoms with Crippen LogP contribution in [0.5, 0.6) is 0 Å². The number of amides is 2. The second kappa shape index (κ2) is 6.15. The van der Waals surface area contributed by atoms with Gasteiger partial charge in [-0.3, -0.25) is 15.1 Å². The topological polar surface area (TPSA) is 91.3 Å². The Hall–Kier alpha value is -3.41. The molecule has 3 rings (SSSR count). The molecule has 1 aromatic heterocycles. The molecule has 0 aliphatic rings. The van der Waals surface area contributed by atoms with Gasteiger partial charge < -0.3 is 10.4 Å². The van der Waals surface area contributed by atoms with E-state index in [-0.39, 0.29) is 5.91 Å². The van der Waals surface area contributed by atoms with Gasteiger partial charge in [0.25, 0.3) is 5.91 Å². The van der Waals surface area contributed by atoms with Crippen LogP contribution in [-0.4, -0.2) is 22.1 Å². The lowest BCUT2D eigenvalue weighted by Gasteiger charge is -2.08. The summed E-state index contributed by atoms with van der Waals surface area (Å²) in [7, 11) is 0. The Morgan fingerprint density at radius 2 is 1.52 bits per heavy atom. The number of anilines is 2. The molecule has 0 fully saturated rings. The molecule has 0 aliphatic carbocycles. The third kappa shape index (κ3) is 3.26. The summed E-state index contributed by atoms with van der Waals surface area (Å²) in [6.45, 7) is 0. The number of nitrogens with one attached hydrogen (secondary N) is 2. The minimum atomic E-state index is -1.13. The number of hydrogen-bond acceptors (Lipinski definition) is 3. The fourth-order valence-corrected chi connectivity index (χ4v) is 2.25. The van der Waals surface area contributed by atoms with E-state index in [0.717, 1.165) is 10.9 Å². The van der Waals surface area contributed by atoms with Gasteiger partial charge in [-0.25, -0.2) is 4.79 Å². The van der Waals surface area contributed by atoms with E-state index in [0.29, 0.717) is 16.9 Å². The first kappa shape index (κ1) is 14.5. The molecule has 0 unspecified atom stereocenters. The van der Waals surface area contributed by atoms with Crippen LogP contribution in [0.25, 0.3) is 10.9 Å². The van der Waals surface area contributed by atoms with Crippen molar-refractivity contribution < 1.29 is 14.7 Å². The molecular weight excluding hydrogens is 294 g/mol. The molecule has 3 N–H and O–H groups in total. The lowest BCUT2D eigenvalue weighted by molar-refractivity contribution is 0.102. The maximum absolute atomic E-state index is 12.4. The van der Waals surface area contributed by atoms with E-state index in [1.54, 1.807) is 36.5 Å². The molecular formula is C17H13N3O3. The number of carboxylic acid groups (broad SMARTS) is 1. The highest BCUT2D eigenvalue weighted by atomic mass is 16.4. The van der Waals surface area contributed by atoms with Crippen LogP contribution in [-0.2, 0) is 0 Å². The van der Waals surface area contributed by atoms with E-state index in [1.165, 1.54) is 0 Å². The Morgan fingerprint density at radius 3 is 2.22 bits per heavy atom. The number of rotatable bonds is 3. The van der Waals surface area contributed by atoms with E-state index in [1.807, 2.05) is 24.3 Å². The quantitative estimate of drug-likeness (QED) is 0.689. The Kier molecular flexibility index (Phi) is 3.88. The minimum Gasteiger partial charge on any atom is -0.465 e. The highest BCUT2D eigenvalue weighted by molar-refractivity contribution is 6.12. The van der Waals surface area contributed by atoms with Crippen LogP contribution in [0, 0.1) is 0 Å². The summed E-state index contributed by atoms with van der Waals surface area (Å²) in [6, 6.07) is 15.5. The van der Waals surface area contributed by atoms with Crippen molar-refractivity contribution in [1.29, 1.82) is 0 Å². The predicted molar refractivity (Wildman–Crippen MR) is 87.8 cm³/mol. The van der Waals surface area contributed by atoms with Crippen molar-refractivity contribution in [2.75, 3.05) is 10.6 Å². The molecule has 6 nitrogen and oxygen atoms in total. The molecule has 0 saturated carbocycles. The molecule has 3 aromatic rings. The fourth-order valence-electron chi connectivity index (χ4n) is 2.25. The van der Waals surface area contributed by atoms with Crippen molar-refractivity contribution in [1.82, 2.24) is 4.98 Å². The number of hydrogen-bond donors (Lipinski definition) is 3. The minimum absolute atomic E-state index is 0.248. The van der Waals surface area contributed by atoms with Crippen molar-refractivity contribution in [2.24, 2.45) is 0 Å². The van der Waals surface area contributed by atoms with Gasteiger partial charge in [-0.15, -0.1) is 0 Å². The fraction of sp³-hybridized carbons (Fsp3) is 0. The summed E-state index contributed by atoms with van der Waals surface area (Å²) in [4.78, 5) is 27.2. The summed E-state index contributed by atoms with van der Waals surface area (Å²) in [5.74, 6) is -0.248. The van der Waals surface area contributed by atoms with Crippen molar-refractivity contribution >= 4 is 34.3 Å².